The van der Waals surface area contributed by atoms with Gasteiger partial charge in [0.1, 0.15) is 0 Å². The van der Waals surface area contributed by atoms with Crippen LogP contribution in [-0.2, 0) is 6.42 Å². The maximum Gasteiger partial charge on any atom is 0.407 e. The molecule has 0 aliphatic heterocycles. The smallest absolute Gasteiger partial charge is 0.407 e. The number of rotatable bonds is 5. The number of nitrogens with zero attached hydrogens (tertiary/aromatic N) is 1. The summed E-state index contributed by atoms with van der Waals surface area (Å²) in [6.07, 6.45) is -0.571. The van der Waals surface area contributed by atoms with E-state index in [9.17, 15) is 14.7 Å². The molecule has 3 aromatic carbocycles. The lowest BCUT2D eigenvalue weighted by Gasteiger charge is -2.24. The topological polar surface area (TPSA) is 73.4 Å². The Hall–Kier alpha value is -3.57. The van der Waals surface area contributed by atoms with E-state index >= 15 is 0 Å². The number of carbonyl (C=O) groups is 1. The first-order valence-electron chi connectivity index (χ1n) is 10.5. The summed E-state index contributed by atoms with van der Waals surface area (Å²) in [5, 5.41) is 11.5. The summed E-state index contributed by atoms with van der Waals surface area (Å²) in [4.78, 5) is 28.9. The van der Waals surface area contributed by atoms with Gasteiger partial charge in [-0.15, -0.1) is 0 Å². The molecule has 4 aromatic rings. The fourth-order valence-electron chi connectivity index (χ4n) is 4.66. The lowest BCUT2D eigenvalue weighted by Crippen LogP contribution is -2.35. The first-order valence-corrected chi connectivity index (χ1v) is 10.9. The van der Waals surface area contributed by atoms with E-state index in [1.165, 1.54) is 4.90 Å². The molecule has 1 aliphatic carbocycles. The Bertz CT molecular complexity index is 1350. The van der Waals surface area contributed by atoms with Gasteiger partial charge in [-0.3, -0.25) is 4.79 Å². The summed E-state index contributed by atoms with van der Waals surface area (Å²) in [6.45, 7) is 0.630. The lowest BCUT2D eigenvalue weighted by atomic mass is 9.96. The molecule has 0 atom stereocenters. The van der Waals surface area contributed by atoms with Crippen LogP contribution >= 0.6 is 11.6 Å². The van der Waals surface area contributed by atoms with E-state index in [0.717, 1.165) is 27.6 Å². The van der Waals surface area contributed by atoms with Crippen molar-refractivity contribution < 1.29 is 9.90 Å². The quantitative estimate of drug-likeness (QED) is 0.426. The number of aromatic amines is 1. The third kappa shape index (κ3) is 3.55. The zero-order valence-electron chi connectivity index (χ0n) is 17.2. The number of carboxylic acid groups (broad SMARTS) is 1. The second-order valence-corrected chi connectivity index (χ2v) is 8.44. The third-order valence-corrected chi connectivity index (χ3v) is 6.48. The van der Waals surface area contributed by atoms with Crippen molar-refractivity contribution in [2.24, 2.45) is 0 Å². The SMILES string of the molecule is O=C(O)N(CCc1cc2cccc(Cl)c2c(=O)[nH]1)CC1c2ccccc2-c2ccccc21. The van der Waals surface area contributed by atoms with Crippen LogP contribution in [0.2, 0.25) is 5.02 Å². The normalized spacial score (nSPS) is 12.5. The van der Waals surface area contributed by atoms with Gasteiger partial charge < -0.3 is 15.0 Å². The van der Waals surface area contributed by atoms with E-state index in [1.807, 2.05) is 36.4 Å². The Balaban J connectivity index is 1.41. The van der Waals surface area contributed by atoms with E-state index in [2.05, 4.69) is 29.2 Å². The predicted molar refractivity (Wildman–Crippen MR) is 127 cm³/mol. The molecular formula is C26H21ClN2O3. The molecule has 0 spiro atoms. The Morgan fingerprint density at radius 1 is 0.969 bits per heavy atom. The number of amides is 1. The molecule has 1 aliphatic rings. The average Bonchev–Trinajstić information content (AvgIpc) is 3.10. The van der Waals surface area contributed by atoms with Crippen molar-refractivity contribution in [2.75, 3.05) is 13.1 Å². The van der Waals surface area contributed by atoms with Gasteiger partial charge in [0.2, 0.25) is 0 Å². The lowest BCUT2D eigenvalue weighted by molar-refractivity contribution is 0.144. The predicted octanol–water partition coefficient (Wildman–Crippen LogP) is 5.52. The zero-order chi connectivity index (χ0) is 22.2. The minimum Gasteiger partial charge on any atom is -0.465 e. The van der Waals surface area contributed by atoms with Crippen molar-refractivity contribution in [3.05, 3.63) is 105 Å². The Kier molecular flexibility index (Phi) is 5.19. The summed E-state index contributed by atoms with van der Waals surface area (Å²) in [5.41, 5.74) is 5.04. The van der Waals surface area contributed by atoms with Gasteiger partial charge in [-0.05, 0) is 39.8 Å². The summed E-state index contributed by atoms with van der Waals surface area (Å²) in [5.74, 6) is -0.0204. The van der Waals surface area contributed by atoms with Gasteiger partial charge in [0, 0.05) is 31.1 Å². The first kappa shape index (κ1) is 20.3. The fraction of sp³-hybridized carbons (Fsp3) is 0.154. The number of hydrogen-bond donors (Lipinski definition) is 2. The molecule has 160 valence electrons. The van der Waals surface area contributed by atoms with Gasteiger partial charge in [-0.2, -0.15) is 0 Å². The van der Waals surface area contributed by atoms with E-state index in [4.69, 9.17) is 11.6 Å². The molecule has 1 aromatic heterocycles. The maximum atomic E-state index is 12.5. The average molecular weight is 445 g/mol. The van der Waals surface area contributed by atoms with Crippen molar-refractivity contribution in [1.29, 1.82) is 0 Å². The number of halogens is 1. The monoisotopic (exact) mass is 444 g/mol. The van der Waals surface area contributed by atoms with Crippen LogP contribution in [0.25, 0.3) is 21.9 Å². The van der Waals surface area contributed by atoms with Crippen LogP contribution in [0, 0.1) is 0 Å². The highest BCUT2D eigenvalue weighted by molar-refractivity contribution is 6.35. The number of pyridine rings is 1. The van der Waals surface area contributed by atoms with E-state index in [-0.39, 0.29) is 18.0 Å². The van der Waals surface area contributed by atoms with Crippen molar-refractivity contribution in [3.8, 4) is 11.1 Å². The van der Waals surface area contributed by atoms with Crippen molar-refractivity contribution in [1.82, 2.24) is 9.88 Å². The molecule has 0 bridgehead atoms. The van der Waals surface area contributed by atoms with Gasteiger partial charge in [0.05, 0.1) is 10.4 Å². The first-order chi connectivity index (χ1) is 15.5. The highest BCUT2D eigenvalue weighted by Gasteiger charge is 2.30. The van der Waals surface area contributed by atoms with Gasteiger partial charge in [0.15, 0.2) is 0 Å². The van der Waals surface area contributed by atoms with Gasteiger partial charge in [-0.25, -0.2) is 4.79 Å². The number of aromatic nitrogens is 1. The number of fused-ring (bicyclic) bond motifs is 4. The molecule has 1 heterocycles. The van der Waals surface area contributed by atoms with E-state index < -0.39 is 6.09 Å². The minimum atomic E-state index is -0.974. The fourth-order valence-corrected chi connectivity index (χ4v) is 4.93. The summed E-state index contributed by atoms with van der Waals surface area (Å²) in [6, 6.07) is 23.5. The molecule has 0 unspecified atom stereocenters. The van der Waals surface area contributed by atoms with Gasteiger partial charge in [0.25, 0.3) is 5.56 Å². The van der Waals surface area contributed by atoms with Crippen molar-refractivity contribution in [3.63, 3.8) is 0 Å². The summed E-state index contributed by atoms with van der Waals surface area (Å²) in [7, 11) is 0. The number of nitrogens with one attached hydrogen (secondary N) is 1. The Labute approximate surface area is 189 Å². The van der Waals surface area contributed by atoms with Crippen LogP contribution in [0.5, 0.6) is 0 Å². The van der Waals surface area contributed by atoms with Gasteiger partial charge >= 0.3 is 6.09 Å². The second-order valence-electron chi connectivity index (χ2n) is 8.03. The van der Waals surface area contributed by atoms with Crippen LogP contribution in [0.15, 0.2) is 77.6 Å². The van der Waals surface area contributed by atoms with Crippen molar-refractivity contribution in [2.45, 2.75) is 12.3 Å². The van der Waals surface area contributed by atoms with E-state index in [0.29, 0.717) is 29.1 Å². The van der Waals surface area contributed by atoms with Crippen molar-refractivity contribution >= 4 is 28.5 Å². The molecule has 1 amide bonds. The Morgan fingerprint density at radius 2 is 1.62 bits per heavy atom. The summed E-state index contributed by atoms with van der Waals surface area (Å²) < 4.78 is 0. The zero-order valence-corrected chi connectivity index (χ0v) is 18.0. The van der Waals surface area contributed by atoms with Crippen LogP contribution in [-0.4, -0.2) is 34.2 Å². The number of benzene rings is 3. The van der Waals surface area contributed by atoms with Crippen LogP contribution in [0.1, 0.15) is 22.7 Å². The highest BCUT2D eigenvalue weighted by Crippen LogP contribution is 2.44. The van der Waals surface area contributed by atoms with E-state index in [1.54, 1.807) is 12.1 Å². The minimum absolute atomic E-state index is 0.0204. The largest absolute Gasteiger partial charge is 0.465 e. The number of H-pyrrole nitrogens is 1. The molecule has 0 saturated heterocycles. The highest BCUT2D eigenvalue weighted by atomic mass is 35.5. The molecule has 6 heteroatoms. The van der Waals surface area contributed by atoms with Gasteiger partial charge in [-0.1, -0.05) is 72.3 Å². The standard InChI is InChI=1S/C26H21ClN2O3/c27-23-11-5-6-16-14-17(28-25(30)24(16)23)12-13-29(26(31)32)15-22-20-9-3-1-7-18(20)19-8-2-4-10-21(19)22/h1-11,14,22H,12-13,15H2,(H,28,30)(H,31,32). The Morgan fingerprint density at radius 3 is 2.28 bits per heavy atom. The van der Waals surface area contributed by atoms with Crippen LogP contribution in [0.4, 0.5) is 4.79 Å². The molecule has 5 rings (SSSR count). The van der Waals surface area contributed by atoms with Crippen LogP contribution < -0.4 is 5.56 Å². The number of hydrogen-bond acceptors (Lipinski definition) is 2. The molecule has 0 fully saturated rings. The molecule has 32 heavy (non-hydrogen) atoms. The molecule has 0 saturated carbocycles. The second kappa shape index (κ2) is 8.17. The maximum absolute atomic E-state index is 12.5. The molecular weight excluding hydrogens is 424 g/mol. The molecule has 5 nitrogen and oxygen atoms in total. The molecule has 2 N–H and O–H groups in total. The molecule has 0 radical (unpaired) electrons. The van der Waals surface area contributed by atoms with Crippen LogP contribution in [0.3, 0.4) is 0 Å². The third-order valence-electron chi connectivity index (χ3n) is 6.16. The summed E-state index contributed by atoms with van der Waals surface area (Å²) >= 11 is 6.16.